The largest absolute Gasteiger partial charge is 0.491 e. The van der Waals surface area contributed by atoms with Gasteiger partial charge in [-0.2, -0.15) is 0 Å². The first-order valence-electron chi connectivity index (χ1n) is 7.94. The van der Waals surface area contributed by atoms with Crippen molar-refractivity contribution in [3.05, 3.63) is 29.3 Å². The molecule has 0 saturated carbocycles. The van der Waals surface area contributed by atoms with Crippen LogP contribution in [0.3, 0.4) is 0 Å². The van der Waals surface area contributed by atoms with E-state index in [1.165, 1.54) is 5.56 Å². The van der Waals surface area contributed by atoms with Crippen LogP contribution in [0, 0.1) is 6.92 Å². The van der Waals surface area contributed by atoms with Gasteiger partial charge in [0.05, 0.1) is 13.2 Å². The van der Waals surface area contributed by atoms with Crippen molar-refractivity contribution in [2.75, 3.05) is 33.4 Å². The molecule has 0 atom stereocenters. The maximum Gasteiger partial charge on any atom is 0.191 e. The molecule has 2 N–H and O–H groups in total. The van der Waals surface area contributed by atoms with E-state index in [1.807, 2.05) is 6.07 Å². The van der Waals surface area contributed by atoms with Crippen molar-refractivity contribution < 1.29 is 9.47 Å². The molecule has 0 spiro atoms. The van der Waals surface area contributed by atoms with Crippen molar-refractivity contribution >= 4 is 5.96 Å². The summed E-state index contributed by atoms with van der Waals surface area (Å²) in [5, 5.41) is 6.55. The monoisotopic (exact) mass is 307 g/mol. The molecule has 0 aliphatic carbocycles. The van der Waals surface area contributed by atoms with Crippen molar-refractivity contribution in [3.8, 4) is 5.75 Å². The predicted molar refractivity (Wildman–Crippen MR) is 91.7 cm³/mol. The van der Waals surface area contributed by atoms with Gasteiger partial charge in [0.25, 0.3) is 0 Å². The minimum atomic E-state index is 0.546. The lowest BCUT2D eigenvalue weighted by atomic mass is 10.1. The van der Waals surface area contributed by atoms with Gasteiger partial charge in [0.2, 0.25) is 0 Å². The third kappa shape index (κ3) is 6.80. The molecule has 0 aromatic heterocycles. The Bertz CT molecular complexity index is 461. The van der Waals surface area contributed by atoms with Crippen LogP contribution in [0.4, 0.5) is 0 Å². The van der Waals surface area contributed by atoms with Crippen LogP contribution < -0.4 is 15.4 Å². The van der Waals surface area contributed by atoms with Crippen LogP contribution in [0.15, 0.2) is 23.2 Å². The molecule has 1 aromatic carbocycles. The molecule has 0 aliphatic heterocycles. The second kappa shape index (κ2) is 10.9. The number of methoxy groups -OCH3 is 1. The van der Waals surface area contributed by atoms with Gasteiger partial charge in [-0.15, -0.1) is 0 Å². The number of nitrogens with one attached hydrogen (secondary N) is 2. The first-order valence-corrected chi connectivity index (χ1v) is 7.94. The Balaban J connectivity index is 2.76. The fraction of sp³-hybridized carbons (Fsp3) is 0.588. The highest BCUT2D eigenvalue weighted by Crippen LogP contribution is 2.21. The molecule has 1 aromatic rings. The van der Waals surface area contributed by atoms with Gasteiger partial charge in [-0.25, -0.2) is 4.99 Å². The van der Waals surface area contributed by atoms with Crippen molar-refractivity contribution in [2.45, 2.75) is 33.7 Å². The fourth-order valence-corrected chi connectivity index (χ4v) is 1.91. The number of benzene rings is 1. The van der Waals surface area contributed by atoms with Gasteiger partial charge in [0, 0.05) is 25.8 Å². The molecule has 0 heterocycles. The van der Waals surface area contributed by atoms with E-state index in [1.54, 1.807) is 7.11 Å². The average molecular weight is 307 g/mol. The second-order valence-electron chi connectivity index (χ2n) is 5.07. The van der Waals surface area contributed by atoms with E-state index in [0.717, 1.165) is 36.8 Å². The summed E-state index contributed by atoms with van der Waals surface area (Å²) in [5.41, 5.74) is 2.26. The fourth-order valence-electron chi connectivity index (χ4n) is 1.91. The van der Waals surface area contributed by atoms with Crippen molar-refractivity contribution in [2.24, 2.45) is 4.99 Å². The zero-order chi connectivity index (χ0) is 16.2. The average Bonchev–Trinajstić information content (AvgIpc) is 2.51. The van der Waals surface area contributed by atoms with Gasteiger partial charge >= 0.3 is 0 Å². The summed E-state index contributed by atoms with van der Waals surface area (Å²) in [6, 6.07) is 6.21. The van der Waals surface area contributed by atoms with Crippen LogP contribution in [-0.4, -0.2) is 39.4 Å². The van der Waals surface area contributed by atoms with E-state index >= 15 is 0 Å². The second-order valence-corrected chi connectivity index (χ2v) is 5.07. The predicted octanol–water partition coefficient (Wildman–Crippen LogP) is 2.49. The summed E-state index contributed by atoms with van der Waals surface area (Å²) < 4.78 is 10.8. The van der Waals surface area contributed by atoms with E-state index in [9.17, 15) is 0 Å². The molecular formula is C17H29N3O2. The number of aliphatic imine (C=N–C) groups is 1. The molecule has 0 aliphatic rings. The lowest BCUT2D eigenvalue weighted by Crippen LogP contribution is -2.37. The standard InChI is InChI=1S/C17H29N3O2/c1-5-9-19-17(18-6-2)20-13-15-8-7-14(3)12-16(15)22-11-10-21-4/h7-8,12H,5-6,9-11,13H2,1-4H3,(H2,18,19,20). The number of guanidine groups is 1. The van der Waals surface area contributed by atoms with E-state index in [2.05, 4.69) is 48.5 Å². The van der Waals surface area contributed by atoms with Crippen LogP contribution in [0.5, 0.6) is 5.75 Å². The van der Waals surface area contributed by atoms with Crippen molar-refractivity contribution in [1.29, 1.82) is 0 Å². The Morgan fingerprint density at radius 1 is 1.18 bits per heavy atom. The molecular weight excluding hydrogens is 278 g/mol. The molecule has 0 fully saturated rings. The molecule has 0 amide bonds. The third-order valence-corrected chi connectivity index (χ3v) is 3.06. The summed E-state index contributed by atoms with van der Waals surface area (Å²) >= 11 is 0. The number of nitrogens with zero attached hydrogens (tertiary/aromatic N) is 1. The highest BCUT2D eigenvalue weighted by Gasteiger charge is 2.05. The SMILES string of the molecule is CCCNC(=NCc1ccc(C)cc1OCCOC)NCC. The summed E-state index contributed by atoms with van der Waals surface area (Å²) in [6.07, 6.45) is 1.07. The summed E-state index contributed by atoms with van der Waals surface area (Å²) in [7, 11) is 1.67. The topological polar surface area (TPSA) is 54.9 Å². The maximum absolute atomic E-state index is 5.80. The number of hydrogen-bond donors (Lipinski definition) is 2. The van der Waals surface area contributed by atoms with Crippen molar-refractivity contribution in [1.82, 2.24) is 10.6 Å². The van der Waals surface area contributed by atoms with Gasteiger partial charge in [0.1, 0.15) is 12.4 Å². The summed E-state index contributed by atoms with van der Waals surface area (Å²) in [5.74, 6) is 1.72. The normalized spacial score (nSPS) is 11.4. The van der Waals surface area contributed by atoms with Crippen LogP contribution in [0.2, 0.25) is 0 Å². The minimum Gasteiger partial charge on any atom is -0.491 e. The quantitative estimate of drug-likeness (QED) is 0.418. The lowest BCUT2D eigenvalue weighted by molar-refractivity contribution is 0.145. The smallest absolute Gasteiger partial charge is 0.191 e. The Hall–Kier alpha value is -1.75. The van der Waals surface area contributed by atoms with Crippen LogP contribution in [0.25, 0.3) is 0 Å². The Morgan fingerprint density at radius 3 is 2.68 bits per heavy atom. The molecule has 0 unspecified atom stereocenters. The third-order valence-electron chi connectivity index (χ3n) is 3.06. The first kappa shape index (κ1) is 18.3. The molecule has 0 radical (unpaired) electrons. The zero-order valence-corrected chi connectivity index (χ0v) is 14.2. The summed E-state index contributed by atoms with van der Waals surface area (Å²) in [4.78, 5) is 4.62. The van der Waals surface area contributed by atoms with Gasteiger partial charge in [-0.05, 0) is 31.9 Å². The molecule has 0 saturated heterocycles. The number of hydrogen-bond acceptors (Lipinski definition) is 3. The lowest BCUT2D eigenvalue weighted by Gasteiger charge is -2.13. The summed E-state index contributed by atoms with van der Waals surface area (Å²) in [6.45, 7) is 9.73. The van der Waals surface area contributed by atoms with E-state index in [-0.39, 0.29) is 0 Å². The van der Waals surface area contributed by atoms with Gasteiger partial charge in [-0.1, -0.05) is 19.1 Å². The number of aryl methyl sites for hydroxylation is 1. The van der Waals surface area contributed by atoms with Gasteiger partial charge in [-0.3, -0.25) is 0 Å². The molecule has 1 rings (SSSR count). The van der Waals surface area contributed by atoms with E-state index in [4.69, 9.17) is 9.47 Å². The number of ether oxygens (including phenoxy) is 2. The van der Waals surface area contributed by atoms with Gasteiger partial charge in [0.15, 0.2) is 5.96 Å². The highest BCUT2D eigenvalue weighted by molar-refractivity contribution is 5.79. The zero-order valence-electron chi connectivity index (χ0n) is 14.2. The first-order chi connectivity index (χ1) is 10.7. The molecule has 5 heteroatoms. The van der Waals surface area contributed by atoms with Crippen LogP contribution in [0.1, 0.15) is 31.4 Å². The molecule has 124 valence electrons. The van der Waals surface area contributed by atoms with Crippen LogP contribution >= 0.6 is 0 Å². The maximum atomic E-state index is 5.80. The number of rotatable bonds is 9. The molecule has 0 bridgehead atoms. The molecule has 22 heavy (non-hydrogen) atoms. The van der Waals surface area contributed by atoms with E-state index in [0.29, 0.717) is 19.8 Å². The minimum absolute atomic E-state index is 0.546. The van der Waals surface area contributed by atoms with Crippen molar-refractivity contribution in [3.63, 3.8) is 0 Å². The van der Waals surface area contributed by atoms with Crippen LogP contribution in [-0.2, 0) is 11.3 Å². The van der Waals surface area contributed by atoms with Gasteiger partial charge < -0.3 is 20.1 Å². The molecule has 5 nitrogen and oxygen atoms in total. The van der Waals surface area contributed by atoms with E-state index < -0.39 is 0 Å². The Morgan fingerprint density at radius 2 is 2.00 bits per heavy atom. The highest BCUT2D eigenvalue weighted by atomic mass is 16.5. The Kier molecular flexibility index (Phi) is 9.07. The Labute approximate surface area is 134 Å².